The number of rotatable bonds is 7. The number of hydrogen-bond donors (Lipinski definition) is 2. The first-order valence-electron chi connectivity index (χ1n) is 8.88. The van der Waals surface area contributed by atoms with Gasteiger partial charge in [0.15, 0.2) is 5.69 Å². The molecule has 1 amide bonds. The first-order valence-corrected chi connectivity index (χ1v) is 8.88. The third-order valence-corrected chi connectivity index (χ3v) is 4.50. The smallest absolute Gasteiger partial charge is 0.272 e. The molecule has 0 bridgehead atoms. The lowest BCUT2D eigenvalue weighted by Crippen LogP contribution is -2.32. The van der Waals surface area contributed by atoms with Gasteiger partial charge in [-0.1, -0.05) is 25.1 Å². The van der Waals surface area contributed by atoms with Crippen molar-refractivity contribution in [2.75, 3.05) is 19.6 Å². The van der Waals surface area contributed by atoms with Crippen molar-refractivity contribution < 1.29 is 4.79 Å². The zero-order chi connectivity index (χ0) is 16.9. The van der Waals surface area contributed by atoms with Gasteiger partial charge in [0.2, 0.25) is 0 Å². The summed E-state index contributed by atoms with van der Waals surface area (Å²) in [6.45, 7) is 6.61. The molecule has 2 N–H and O–H groups in total. The normalized spacial score (nSPS) is 13.1. The molecule has 5 heteroatoms. The molecule has 0 saturated heterocycles. The average Bonchev–Trinajstić information content (AvgIpc) is 3.17. The van der Waals surface area contributed by atoms with Crippen molar-refractivity contribution in [3.8, 4) is 5.69 Å². The van der Waals surface area contributed by atoms with E-state index in [0.29, 0.717) is 12.2 Å². The number of para-hydroxylation sites is 1. The minimum atomic E-state index is -0.0567. The SMILES string of the molecule is CCCNCCNC(=O)c1nn(-c2ccccc2C)c2c1CCC2. The summed E-state index contributed by atoms with van der Waals surface area (Å²) in [4.78, 5) is 12.6. The van der Waals surface area contributed by atoms with Crippen LogP contribution in [0.1, 0.15) is 47.1 Å². The van der Waals surface area contributed by atoms with Crippen LogP contribution in [0.3, 0.4) is 0 Å². The summed E-state index contributed by atoms with van der Waals surface area (Å²) in [5, 5.41) is 10.9. The van der Waals surface area contributed by atoms with Gasteiger partial charge in [-0.3, -0.25) is 4.79 Å². The van der Waals surface area contributed by atoms with Gasteiger partial charge in [0.25, 0.3) is 5.91 Å². The van der Waals surface area contributed by atoms with E-state index in [-0.39, 0.29) is 5.91 Å². The number of benzene rings is 1. The lowest BCUT2D eigenvalue weighted by Gasteiger charge is -2.08. The summed E-state index contributed by atoms with van der Waals surface area (Å²) in [6, 6.07) is 8.19. The summed E-state index contributed by atoms with van der Waals surface area (Å²) in [7, 11) is 0. The van der Waals surface area contributed by atoms with Crippen LogP contribution in [0.4, 0.5) is 0 Å². The zero-order valence-corrected chi connectivity index (χ0v) is 14.6. The maximum Gasteiger partial charge on any atom is 0.272 e. The highest BCUT2D eigenvalue weighted by atomic mass is 16.1. The molecule has 0 atom stereocenters. The maximum atomic E-state index is 12.6. The fraction of sp³-hybridized carbons (Fsp3) is 0.474. The standard InChI is InChI=1S/C19H26N4O/c1-3-11-20-12-13-21-19(24)18-15-8-6-10-17(15)23(22-18)16-9-5-4-7-14(16)2/h4-5,7,9,20H,3,6,8,10-13H2,1-2H3,(H,21,24). The van der Waals surface area contributed by atoms with Gasteiger partial charge in [-0.05, 0) is 50.8 Å². The van der Waals surface area contributed by atoms with Gasteiger partial charge in [0, 0.05) is 24.3 Å². The van der Waals surface area contributed by atoms with Crippen molar-refractivity contribution in [3.05, 3.63) is 46.8 Å². The van der Waals surface area contributed by atoms with Crippen molar-refractivity contribution in [2.24, 2.45) is 0 Å². The molecule has 0 unspecified atom stereocenters. The number of amides is 1. The fourth-order valence-corrected chi connectivity index (χ4v) is 3.27. The summed E-state index contributed by atoms with van der Waals surface area (Å²) in [6.07, 6.45) is 4.12. The largest absolute Gasteiger partial charge is 0.349 e. The van der Waals surface area contributed by atoms with E-state index in [4.69, 9.17) is 0 Å². The minimum absolute atomic E-state index is 0.0567. The Bertz CT molecular complexity index is 720. The van der Waals surface area contributed by atoms with Crippen LogP contribution >= 0.6 is 0 Å². The number of fused-ring (bicyclic) bond motifs is 1. The molecule has 5 nitrogen and oxygen atoms in total. The van der Waals surface area contributed by atoms with Crippen LogP contribution in [0.25, 0.3) is 5.69 Å². The van der Waals surface area contributed by atoms with Gasteiger partial charge in [0.1, 0.15) is 0 Å². The van der Waals surface area contributed by atoms with Crippen LogP contribution < -0.4 is 10.6 Å². The summed E-state index contributed by atoms with van der Waals surface area (Å²) in [5.41, 5.74) is 5.15. The molecule has 1 aromatic carbocycles. The lowest BCUT2D eigenvalue weighted by molar-refractivity contribution is 0.0947. The Morgan fingerprint density at radius 3 is 2.83 bits per heavy atom. The quantitative estimate of drug-likeness (QED) is 0.768. The van der Waals surface area contributed by atoms with Gasteiger partial charge >= 0.3 is 0 Å². The number of nitrogens with one attached hydrogen (secondary N) is 2. The van der Waals surface area contributed by atoms with Crippen molar-refractivity contribution in [1.82, 2.24) is 20.4 Å². The molecule has 1 aromatic heterocycles. The highest BCUT2D eigenvalue weighted by molar-refractivity contribution is 5.94. The number of hydrogen-bond acceptors (Lipinski definition) is 3. The molecule has 0 saturated carbocycles. The van der Waals surface area contributed by atoms with Crippen LogP contribution in [-0.4, -0.2) is 35.3 Å². The van der Waals surface area contributed by atoms with Crippen LogP contribution in [-0.2, 0) is 12.8 Å². The highest BCUT2D eigenvalue weighted by Crippen LogP contribution is 2.28. The predicted octanol–water partition coefficient (Wildman–Crippen LogP) is 2.40. The van der Waals surface area contributed by atoms with E-state index in [1.54, 1.807) is 0 Å². The van der Waals surface area contributed by atoms with Crippen molar-refractivity contribution in [3.63, 3.8) is 0 Å². The van der Waals surface area contributed by atoms with Crippen LogP contribution in [0.2, 0.25) is 0 Å². The molecule has 128 valence electrons. The van der Waals surface area contributed by atoms with E-state index < -0.39 is 0 Å². The average molecular weight is 326 g/mol. The summed E-state index contributed by atoms with van der Waals surface area (Å²) in [5.74, 6) is -0.0567. The second-order valence-corrected chi connectivity index (χ2v) is 6.33. The summed E-state index contributed by atoms with van der Waals surface area (Å²) < 4.78 is 1.97. The molecular weight excluding hydrogens is 300 g/mol. The molecular formula is C19H26N4O. The number of nitrogens with zero attached hydrogens (tertiary/aromatic N) is 2. The Morgan fingerprint density at radius 1 is 1.21 bits per heavy atom. The van der Waals surface area contributed by atoms with Crippen LogP contribution in [0.15, 0.2) is 24.3 Å². The van der Waals surface area contributed by atoms with Gasteiger partial charge < -0.3 is 10.6 Å². The van der Waals surface area contributed by atoms with Crippen LogP contribution in [0.5, 0.6) is 0 Å². The Labute approximate surface area is 143 Å². The highest BCUT2D eigenvalue weighted by Gasteiger charge is 2.27. The number of aromatic nitrogens is 2. The molecule has 0 radical (unpaired) electrons. The number of carbonyl (C=O) groups is 1. The molecule has 1 aliphatic carbocycles. The van der Waals surface area contributed by atoms with Gasteiger partial charge in [0.05, 0.1) is 5.69 Å². The van der Waals surface area contributed by atoms with E-state index in [1.807, 2.05) is 16.8 Å². The molecule has 0 aliphatic heterocycles. The number of carbonyl (C=O) groups excluding carboxylic acids is 1. The molecule has 24 heavy (non-hydrogen) atoms. The van der Waals surface area contributed by atoms with E-state index in [0.717, 1.165) is 50.0 Å². The minimum Gasteiger partial charge on any atom is -0.349 e. The summed E-state index contributed by atoms with van der Waals surface area (Å²) >= 11 is 0. The molecule has 0 spiro atoms. The lowest BCUT2D eigenvalue weighted by atomic mass is 10.2. The Hall–Kier alpha value is -2.14. The Morgan fingerprint density at radius 2 is 2.04 bits per heavy atom. The second kappa shape index (κ2) is 7.62. The van der Waals surface area contributed by atoms with Crippen molar-refractivity contribution >= 4 is 5.91 Å². The predicted molar refractivity (Wildman–Crippen MR) is 95.8 cm³/mol. The molecule has 1 aliphatic rings. The Kier molecular flexibility index (Phi) is 5.30. The van der Waals surface area contributed by atoms with E-state index in [1.165, 1.54) is 11.3 Å². The molecule has 2 aromatic rings. The third-order valence-electron chi connectivity index (χ3n) is 4.50. The molecule has 3 rings (SSSR count). The van der Waals surface area contributed by atoms with Gasteiger partial charge in [-0.2, -0.15) is 5.10 Å². The second-order valence-electron chi connectivity index (χ2n) is 6.33. The first kappa shape index (κ1) is 16.7. The van der Waals surface area contributed by atoms with Crippen LogP contribution in [0, 0.1) is 6.92 Å². The van der Waals surface area contributed by atoms with E-state index in [9.17, 15) is 4.79 Å². The Balaban J connectivity index is 1.79. The zero-order valence-electron chi connectivity index (χ0n) is 14.6. The molecule has 1 heterocycles. The van der Waals surface area contributed by atoms with Gasteiger partial charge in [-0.25, -0.2) is 4.68 Å². The van der Waals surface area contributed by atoms with Gasteiger partial charge in [-0.15, -0.1) is 0 Å². The molecule has 0 fully saturated rings. The number of aryl methyl sites for hydroxylation is 1. The van der Waals surface area contributed by atoms with Crippen molar-refractivity contribution in [2.45, 2.75) is 39.5 Å². The third kappa shape index (κ3) is 3.36. The van der Waals surface area contributed by atoms with E-state index >= 15 is 0 Å². The maximum absolute atomic E-state index is 12.6. The van der Waals surface area contributed by atoms with Crippen molar-refractivity contribution in [1.29, 1.82) is 0 Å². The topological polar surface area (TPSA) is 58.9 Å². The van der Waals surface area contributed by atoms with E-state index in [2.05, 4.69) is 41.7 Å². The fourth-order valence-electron chi connectivity index (χ4n) is 3.27. The first-order chi connectivity index (χ1) is 11.7. The monoisotopic (exact) mass is 326 g/mol.